The zero-order chi connectivity index (χ0) is 11.4. The summed E-state index contributed by atoms with van der Waals surface area (Å²) in [4.78, 5) is 6.95. The van der Waals surface area contributed by atoms with Crippen molar-refractivity contribution in [2.75, 3.05) is 38.2 Å². The number of ether oxygens (including phenoxy) is 1. The number of hydrogen-bond donors (Lipinski definition) is 1. The predicted molar refractivity (Wildman–Crippen MR) is 65.2 cm³/mol. The molecule has 1 saturated heterocycles. The number of hydrogen-bond acceptors (Lipinski definition) is 4. The summed E-state index contributed by atoms with van der Waals surface area (Å²) in [5.41, 5.74) is 1.12. The fourth-order valence-electron chi connectivity index (χ4n) is 1.93. The molecular formula is C12H19N3O. The molecule has 0 spiro atoms. The molecule has 0 aliphatic carbocycles. The van der Waals surface area contributed by atoms with Crippen LogP contribution >= 0.6 is 0 Å². The summed E-state index contributed by atoms with van der Waals surface area (Å²) in [5, 5.41) is 3.34. The first-order valence-electron chi connectivity index (χ1n) is 5.84. The van der Waals surface area contributed by atoms with Gasteiger partial charge >= 0.3 is 0 Å². The van der Waals surface area contributed by atoms with Crippen molar-refractivity contribution in [1.29, 1.82) is 0 Å². The van der Waals surface area contributed by atoms with E-state index in [1.807, 2.05) is 12.1 Å². The Balaban J connectivity index is 2.27. The van der Waals surface area contributed by atoms with Crippen molar-refractivity contribution in [3.8, 4) is 5.75 Å². The van der Waals surface area contributed by atoms with Crippen LogP contribution in [0.15, 0.2) is 12.1 Å². The van der Waals surface area contributed by atoms with E-state index < -0.39 is 0 Å². The Labute approximate surface area is 96.6 Å². The molecule has 1 N–H and O–H groups in total. The van der Waals surface area contributed by atoms with E-state index in [4.69, 9.17) is 4.74 Å². The molecule has 16 heavy (non-hydrogen) atoms. The van der Waals surface area contributed by atoms with Crippen LogP contribution in [0.4, 0.5) is 5.82 Å². The van der Waals surface area contributed by atoms with E-state index in [1.165, 1.54) is 0 Å². The van der Waals surface area contributed by atoms with Crippen LogP contribution in [-0.2, 0) is 6.42 Å². The fourth-order valence-corrected chi connectivity index (χ4v) is 1.93. The SMILES string of the molecule is CCc1ccc(OC)c(N2CCNCC2)n1. The molecule has 1 fully saturated rings. The van der Waals surface area contributed by atoms with Crippen molar-refractivity contribution in [3.05, 3.63) is 17.8 Å². The predicted octanol–water partition coefficient (Wildman–Crippen LogP) is 1.06. The van der Waals surface area contributed by atoms with Gasteiger partial charge in [-0.1, -0.05) is 6.92 Å². The monoisotopic (exact) mass is 221 g/mol. The van der Waals surface area contributed by atoms with E-state index in [0.29, 0.717) is 0 Å². The second-order valence-corrected chi connectivity index (χ2v) is 3.92. The van der Waals surface area contributed by atoms with Crippen molar-refractivity contribution >= 4 is 5.82 Å². The van der Waals surface area contributed by atoms with Gasteiger partial charge in [-0.05, 0) is 18.6 Å². The summed E-state index contributed by atoms with van der Waals surface area (Å²) >= 11 is 0. The molecule has 0 unspecified atom stereocenters. The Bertz CT molecular complexity index is 348. The number of nitrogens with zero attached hydrogens (tertiary/aromatic N) is 2. The molecule has 0 radical (unpaired) electrons. The number of rotatable bonds is 3. The van der Waals surface area contributed by atoms with Gasteiger partial charge in [0.2, 0.25) is 0 Å². The summed E-state index contributed by atoms with van der Waals surface area (Å²) in [6, 6.07) is 4.05. The van der Waals surface area contributed by atoms with Crippen LogP contribution in [0.5, 0.6) is 5.75 Å². The molecule has 0 aromatic carbocycles. The van der Waals surface area contributed by atoms with Crippen LogP contribution < -0.4 is 15.0 Å². The van der Waals surface area contributed by atoms with Gasteiger partial charge in [0.15, 0.2) is 11.6 Å². The Morgan fingerprint density at radius 1 is 1.38 bits per heavy atom. The third-order valence-corrected chi connectivity index (χ3v) is 2.90. The molecule has 1 aromatic rings. The highest BCUT2D eigenvalue weighted by Crippen LogP contribution is 2.26. The number of pyridine rings is 1. The number of methoxy groups -OCH3 is 1. The number of aromatic nitrogens is 1. The molecule has 1 aliphatic rings. The molecule has 4 heteroatoms. The maximum absolute atomic E-state index is 5.37. The molecule has 1 aromatic heterocycles. The lowest BCUT2D eigenvalue weighted by Gasteiger charge is -2.29. The van der Waals surface area contributed by atoms with Crippen molar-refractivity contribution in [3.63, 3.8) is 0 Å². The van der Waals surface area contributed by atoms with E-state index in [-0.39, 0.29) is 0 Å². The van der Waals surface area contributed by atoms with Crippen LogP contribution in [0.2, 0.25) is 0 Å². The largest absolute Gasteiger partial charge is 0.493 e. The average Bonchev–Trinajstić information content (AvgIpc) is 2.39. The smallest absolute Gasteiger partial charge is 0.171 e. The minimum absolute atomic E-state index is 0.874. The van der Waals surface area contributed by atoms with Gasteiger partial charge in [0, 0.05) is 31.9 Å². The van der Waals surface area contributed by atoms with Gasteiger partial charge in [-0.3, -0.25) is 0 Å². The minimum atomic E-state index is 0.874. The van der Waals surface area contributed by atoms with Crippen molar-refractivity contribution in [2.45, 2.75) is 13.3 Å². The van der Waals surface area contributed by atoms with Crippen molar-refractivity contribution in [1.82, 2.24) is 10.3 Å². The maximum Gasteiger partial charge on any atom is 0.171 e. The molecule has 2 heterocycles. The van der Waals surface area contributed by atoms with Gasteiger partial charge < -0.3 is 15.0 Å². The number of aryl methyl sites for hydroxylation is 1. The highest BCUT2D eigenvalue weighted by atomic mass is 16.5. The van der Waals surface area contributed by atoms with Crippen molar-refractivity contribution < 1.29 is 4.74 Å². The lowest BCUT2D eigenvalue weighted by Crippen LogP contribution is -2.44. The second kappa shape index (κ2) is 5.16. The highest BCUT2D eigenvalue weighted by Gasteiger charge is 2.16. The topological polar surface area (TPSA) is 37.4 Å². The third-order valence-electron chi connectivity index (χ3n) is 2.90. The zero-order valence-corrected chi connectivity index (χ0v) is 9.99. The van der Waals surface area contributed by atoms with Crippen LogP contribution in [-0.4, -0.2) is 38.3 Å². The normalized spacial score (nSPS) is 16.2. The fraction of sp³-hybridized carbons (Fsp3) is 0.583. The minimum Gasteiger partial charge on any atom is -0.493 e. The zero-order valence-electron chi connectivity index (χ0n) is 9.99. The standard InChI is InChI=1S/C12H19N3O/c1-3-10-4-5-11(16-2)12(14-10)15-8-6-13-7-9-15/h4-5,13H,3,6-9H2,1-2H3. The highest BCUT2D eigenvalue weighted by molar-refractivity contribution is 5.53. The van der Waals surface area contributed by atoms with E-state index in [1.54, 1.807) is 7.11 Å². The molecule has 88 valence electrons. The molecular weight excluding hydrogens is 202 g/mol. The first-order chi connectivity index (χ1) is 7.85. The Kier molecular flexibility index (Phi) is 3.62. The van der Waals surface area contributed by atoms with Gasteiger partial charge in [-0.2, -0.15) is 0 Å². The van der Waals surface area contributed by atoms with Gasteiger partial charge in [0.25, 0.3) is 0 Å². The lowest BCUT2D eigenvalue weighted by molar-refractivity contribution is 0.410. The quantitative estimate of drug-likeness (QED) is 0.828. The number of nitrogens with one attached hydrogen (secondary N) is 1. The van der Waals surface area contributed by atoms with Crippen LogP contribution in [0.1, 0.15) is 12.6 Å². The summed E-state index contributed by atoms with van der Waals surface area (Å²) in [5.74, 6) is 1.86. The average molecular weight is 221 g/mol. The Hall–Kier alpha value is -1.29. The van der Waals surface area contributed by atoms with Crippen molar-refractivity contribution in [2.24, 2.45) is 0 Å². The van der Waals surface area contributed by atoms with Gasteiger partial charge in [-0.15, -0.1) is 0 Å². The number of piperazine rings is 1. The summed E-state index contributed by atoms with van der Waals surface area (Å²) in [7, 11) is 1.70. The summed E-state index contributed by atoms with van der Waals surface area (Å²) in [6.07, 6.45) is 0.961. The third kappa shape index (κ3) is 2.27. The molecule has 0 amide bonds. The van der Waals surface area contributed by atoms with Gasteiger partial charge in [0.1, 0.15) is 0 Å². The van der Waals surface area contributed by atoms with Crippen LogP contribution in [0.3, 0.4) is 0 Å². The number of anilines is 1. The van der Waals surface area contributed by atoms with Gasteiger partial charge in [-0.25, -0.2) is 4.98 Å². The van der Waals surface area contributed by atoms with Crippen LogP contribution in [0.25, 0.3) is 0 Å². The second-order valence-electron chi connectivity index (χ2n) is 3.92. The molecule has 1 aliphatic heterocycles. The molecule has 2 rings (SSSR count). The molecule has 0 atom stereocenters. The summed E-state index contributed by atoms with van der Waals surface area (Å²) < 4.78 is 5.37. The van der Waals surface area contributed by atoms with E-state index in [2.05, 4.69) is 22.1 Å². The van der Waals surface area contributed by atoms with Gasteiger partial charge in [0.05, 0.1) is 7.11 Å². The van der Waals surface area contributed by atoms with E-state index in [9.17, 15) is 0 Å². The Morgan fingerprint density at radius 3 is 2.75 bits per heavy atom. The van der Waals surface area contributed by atoms with E-state index in [0.717, 1.165) is 49.9 Å². The van der Waals surface area contributed by atoms with E-state index >= 15 is 0 Å². The molecule has 0 bridgehead atoms. The lowest BCUT2D eigenvalue weighted by atomic mass is 10.2. The first-order valence-corrected chi connectivity index (χ1v) is 5.84. The molecule has 0 saturated carbocycles. The summed E-state index contributed by atoms with van der Waals surface area (Å²) in [6.45, 7) is 6.14. The molecule has 4 nitrogen and oxygen atoms in total. The van der Waals surface area contributed by atoms with Crippen LogP contribution in [0, 0.1) is 0 Å². The first kappa shape index (κ1) is 11.2. The maximum atomic E-state index is 5.37. The Morgan fingerprint density at radius 2 is 2.12 bits per heavy atom.